The van der Waals surface area contributed by atoms with Crippen molar-refractivity contribution in [3.63, 3.8) is 0 Å². The minimum Gasteiger partial charge on any atom is -0.461 e. The maximum atomic E-state index is 12.2. The van der Waals surface area contributed by atoms with Crippen LogP contribution in [0.15, 0.2) is 0 Å². The predicted octanol–water partition coefficient (Wildman–Crippen LogP) is 2.58. The van der Waals surface area contributed by atoms with Crippen LogP contribution < -0.4 is 0 Å². The zero-order valence-electron chi connectivity index (χ0n) is 14.0. The van der Waals surface area contributed by atoms with Crippen molar-refractivity contribution in [2.75, 3.05) is 13.2 Å². The van der Waals surface area contributed by atoms with Crippen LogP contribution in [0.2, 0.25) is 0 Å². The van der Waals surface area contributed by atoms with E-state index < -0.39 is 17.4 Å². The van der Waals surface area contributed by atoms with Gasteiger partial charge in [-0.1, -0.05) is 20.8 Å². The quantitative estimate of drug-likeness (QED) is 0.845. The zero-order chi connectivity index (χ0) is 17.1. The van der Waals surface area contributed by atoms with Gasteiger partial charge in [-0.15, -0.1) is 0 Å². The lowest BCUT2D eigenvalue weighted by Gasteiger charge is -2.16. The normalized spacial score (nSPS) is 11.2. The summed E-state index contributed by atoms with van der Waals surface area (Å²) >= 11 is 0. The van der Waals surface area contributed by atoms with Gasteiger partial charge in [0.1, 0.15) is 5.69 Å². The molecule has 6 nitrogen and oxygen atoms in total. The first-order valence-corrected chi connectivity index (χ1v) is 7.16. The van der Waals surface area contributed by atoms with Crippen LogP contribution in [-0.4, -0.2) is 35.9 Å². The van der Waals surface area contributed by atoms with Gasteiger partial charge in [-0.05, 0) is 26.3 Å². The maximum absolute atomic E-state index is 12.2. The van der Waals surface area contributed by atoms with Crippen LogP contribution in [0.3, 0.4) is 0 Å². The van der Waals surface area contributed by atoms with Crippen LogP contribution in [-0.2, 0) is 14.3 Å². The Hall–Kier alpha value is -2.11. The number of H-pyrrole nitrogens is 1. The lowest BCUT2D eigenvalue weighted by Crippen LogP contribution is -2.26. The molecule has 0 aliphatic heterocycles. The Morgan fingerprint density at radius 1 is 1.05 bits per heavy atom. The Kier molecular flexibility index (Phi) is 5.52. The molecule has 0 fully saturated rings. The summed E-state index contributed by atoms with van der Waals surface area (Å²) in [5.74, 6) is -1.32. The third-order valence-corrected chi connectivity index (χ3v) is 3.29. The molecule has 1 N–H and O–H groups in total. The van der Waals surface area contributed by atoms with Crippen molar-refractivity contribution in [3.8, 4) is 0 Å². The number of ketones is 1. The largest absolute Gasteiger partial charge is 0.461 e. The number of esters is 2. The molecule has 1 heterocycles. The van der Waals surface area contributed by atoms with E-state index in [1.807, 2.05) is 0 Å². The van der Waals surface area contributed by atoms with E-state index in [0.717, 1.165) is 0 Å². The number of aromatic amines is 1. The predicted molar refractivity (Wildman–Crippen MR) is 81.0 cm³/mol. The van der Waals surface area contributed by atoms with Crippen LogP contribution in [0, 0.1) is 19.3 Å². The van der Waals surface area contributed by atoms with Gasteiger partial charge in [0, 0.05) is 11.1 Å². The lowest BCUT2D eigenvalue weighted by atomic mass is 9.91. The first-order valence-electron chi connectivity index (χ1n) is 7.16. The SMILES string of the molecule is CCOC(=O)c1[nH]c(C)c(C(=O)OCC(=O)C(C)(C)C)c1C. The molecule has 0 bridgehead atoms. The van der Waals surface area contributed by atoms with Gasteiger partial charge in [0.05, 0.1) is 12.2 Å². The molecule has 0 spiro atoms. The van der Waals surface area contributed by atoms with Crippen molar-refractivity contribution in [2.45, 2.75) is 41.5 Å². The van der Waals surface area contributed by atoms with Crippen molar-refractivity contribution in [3.05, 3.63) is 22.5 Å². The second kappa shape index (κ2) is 6.77. The molecule has 0 saturated carbocycles. The molecule has 122 valence electrons. The van der Waals surface area contributed by atoms with Gasteiger partial charge in [0.2, 0.25) is 0 Å². The first-order chi connectivity index (χ1) is 10.1. The van der Waals surface area contributed by atoms with Crippen LogP contribution >= 0.6 is 0 Å². The summed E-state index contributed by atoms with van der Waals surface area (Å²) in [6.07, 6.45) is 0. The standard InChI is InChI=1S/C16H23NO5/c1-7-21-15(20)13-9(2)12(10(3)17-13)14(19)22-8-11(18)16(4,5)6/h17H,7-8H2,1-6H3. The number of rotatable bonds is 5. The van der Waals surface area contributed by atoms with Crippen LogP contribution in [0.4, 0.5) is 0 Å². The van der Waals surface area contributed by atoms with E-state index in [9.17, 15) is 14.4 Å². The number of ether oxygens (including phenoxy) is 2. The van der Waals surface area contributed by atoms with Crippen molar-refractivity contribution in [1.82, 2.24) is 4.98 Å². The molecular weight excluding hydrogens is 286 g/mol. The first kappa shape index (κ1) is 17.9. The van der Waals surface area contributed by atoms with Gasteiger partial charge < -0.3 is 14.5 Å². The number of aryl methyl sites for hydroxylation is 1. The second-order valence-electron chi connectivity index (χ2n) is 6.09. The van der Waals surface area contributed by atoms with E-state index in [0.29, 0.717) is 11.3 Å². The zero-order valence-corrected chi connectivity index (χ0v) is 14.0. The van der Waals surface area contributed by atoms with Crippen molar-refractivity contribution in [2.24, 2.45) is 5.41 Å². The number of carbonyl (C=O) groups is 3. The highest BCUT2D eigenvalue weighted by atomic mass is 16.5. The average Bonchev–Trinajstić information content (AvgIpc) is 2.70. The third kappa shape index (κ3) is 3.96. The fourth-order valence-corrected chi connectivity index (χ4v) is 1.88. The highest BCUT2D eigenvalue weighted by Crippen LogP contribution is 2.21. The number of hydrogen-bond acceptors (Lipinski definition) is 5. The molecule has 0 aliphatic carbocycles. The molecule has 1 rings (SSSR count). The van der Waals surface area contributed by atoms with E-state index >= 15 is 0 Å². The van der Waals surface area contributed by atoms with Gasteiger partial charge in [0.25, 0.3) is 0 Å². The summed E-state index contributed by atoms with van der Waals surface area (Å²) < 4.78 is 9.99. The Bertz CT molecular complexity index is 592. The number of carbonyl (C=O) groups excluding carboxylic acids is 3. The Morgan fingerprint density at radius 2 is 1.64 bits per heavy atom. The van der Waals surface area contributed by atoms with Crippen LogP contribution in [0.25, 0.3) is 0 Å². The summed E-state index contributed by atoms with van der Waals surface area (Å²) in [4.78, 5) is 38.6. The molecule has 6 heteroatoms. The summed E-state index contributed by atoms with van der Waals surface area (Å²) in [6.45, 7) is 10.2. The van der Waals surface area contributed by atoms with E-state index in [1.54, 1.807) is 41.5 Å². The lowest BCUT2D eigenvalue weighted by molar-refractivity contribution is -0.129. The molecule has 0 aromatic carbocycles. The Labute approximate surface area is 130 Å². The van der Waals surface area contributed by atoms with Crippen LogP contribution in [0.1, 0.15) is 59.8 Å². The Morgan fingerprint density at radius 3 is 2.14 bits per heavy atom. The van der Waals surface area contributed by atoms with Crippen molar-refractivity contribution in [1.29, 1.82) is 0 Å². The molecule has 0 saturated heterocycles. The molecule has 0 aliphatic rings. The van der Waals surface area contributed by atoms with Crippen LogP contribution in [0.5, 0.6) is 0 Å². The smallest absolute Gasteiger partial charge is 0.355 e. The second-order valence-corrected chi connectivity index (χ2v) is 6.09. The average molecular weight is 309 g/mol. The van der Waals surface area contributed by atoms with Gasteiger partial charge in [-0.3, -0.25) is 4.79 Å². The molecule has 0 atom stereocenters. The van der Waals surface area contributed by atoms with Crippen molar-refractivity contribution >= 4 is 17.7 Å². The minimum atomic E-state index is -0.626. The minimum absolute atomic E-state index is 0.169. The highest BCUT2D eigenvalue weighted by Gasteiger charge is 2.26. The number of nitrogens with one attached hydrogen (secondary N) is 1. The Balaban J connectivity index is 2.91. The van der Waals surface area contributed by atoms with Gasteiger partial charge in [0.15, 0.2) is 12.4 Å². The van der Waals surface area contributed by atoms with E-state index in [1.165, 1.54) is 0 Å². The van der Waals surface area contributed by atoms with E-state index in [4.69, 9.17) is 9.47 Å². The van der Waals surface area contributed by atoms with Gasteiger partial charge in [-0.2, -0.15) is 0 Å². The highest BCUT2D eigenvalue weighted by molar-refractivity contribution is 5.99. The molecule has 0 unspecified atom stereocenters. The fourth-order valence-electron chi connectivity index (χ4n) is 1.88. The van der Waals surface area contributed by atoms with E-state index in [-0.39, 0.29) is 30.3 Å². The van der Waals surface area contributed by atoms with E-state index in [2.05, 4.69) is 4.98 Å². The van der Waals surface area contributed by atoms with Crippen molar-refractivity contribution < 1.29 is 23.9 Å². The summed E-state index contributed by atoms with van der Waals surface area (Å²) in [5, 5.41) is 0. The summed E-state index contributed by atoms with van der Waals surface area (Å²) in [6, 6.07) is 0. The van der Waals surface area contributed by atoms with Gasteiger partial charge >= 0.3 is 11.9 Å². The monoisotopic (exact) mass is 309 g/mol. The molecule has 0 amide bonds. The third-order valence-electron chi connectivity index (χ3n) is 3.29. The number of Topliss-reactive ketones (excluding diaryl/α,β-unsaturated/α-hetero) is 1. The topological polar surface area (TPSA) is 85.5 Å². The molecular formula is C16H23NO5. The number of aromatic nitrogens is 1. The fraction of sp³-hybridized carbons (Fsp3) is 0.562. The molecule has 0 radical (unpaired) electrons. The molecule has 1 aromatic rings. The summed E-state index contributed by atoms with van der Waals surface area (Å²) in [7, 11) is 0. The summed E-state index contributed by atoms with van der Waals surface area (Å²) in [5.41, 5.74) is 0.898. The maximum Gasteiger partial charge on any atom is 0.355 e. The molecule has 22 heavy (non-hydrogen) atoms. The number of hydrogen-bond donors (Lipinski definition) is 1. The van der Waals surface area contributed by atoms with Gasteiger partial charge in [-0.25, -0.2) is 9.59 Å². The molecule has 1 aromatic heterocycles.